The summed E-state index contributed by atoms with van der Waals surface area (Å²) in [7, 11) is 1.69. The molecule has 1 aliphatic rings. The number of rotatable bonds is 4. The molecule has 0 amide bonds. The number of aromatic nitrogens is 2. The average Bonchev–Trinajstić information content (AvgIpc) is 2.76. The molecular weight excluding hydrogens is 375 g/mol. The zero-order valence-electron chi connectivity index (χ0n) is 16.9. The van der Waals surface area contributed by atoms with Gasteiger partial charge in [0.05, 0.1) is 16.6 Å². The lowest BCUT2D eigenvalue weighted by molar-refractivity contribution is 0.640. The summed E-state index contributed by atoms with van der Waals surface area (Å²) in [6.07, 6.45) is 7.03. The Morgan fingerprint density at radius 3 is 2.80 bits per heavy atom. The number of nitrogens with zero attached hydrogens (tertiary/aromatic N) is 4. The van der Waals surface area contributed by atoms with Crippen LogP contribution in [0.5, 0.6) is 0 Å². The standard InChI is InChI=1S/C22H23BN6O/c1-26-12-15-2-4-18(11-20(15)25)29-14-27-21-10-17(3-5-19(21)22(29)30)28-16-6-8-23(13-24)9-7-16/h2-5,10-12,14,16,28H,6-9,25H2,1H3. The number of benzene rings is 2. The molecule has 0 bridgehead atoms. The van der Waals surface area contributed by atoms with Gasteiger partial charge in [-0.25, -0.2) is 10.2 Å². The van der Waals surface area contributed by atoms with Crippen molar-refractivity contribution in [1.82, 2.24) is 9.55 Å². The van der Waals surface area contributed by atoms with Crippen LogP contribution >= 0.6 is 0 Å². The van der Waals surface area contributed by atoms with Crippen LogP contribution in [0.2, 0.25) is 12.6 Å². The van der Waals surface area contributed by atoms with E-state index in [2.05, 4.69) is 21.3 Å². The molecule has 0 saturated carbocycles. The van der Waals surface area contributed by atoms with Crippen molar-refractivity contribution in [3.8, 4) is 11.7 Å². The first-order valence-corrected chi connectivity index (χ1v) is 10.1. The van der Waals surface area contributed by atoms with Crippen LogP contribution in [-0.2, 0) is 0 Å². The van der Waals surface area contributed by atoms with Gasteiger partial charge in [-0.3, -0.25) is 14.4 Å². The maximum absolute atomic E-state index is 13.0. The first-order chi connectivity index (χ1) is 14.6. The first-order valence-electron chi connectivity index (χ1n) is 10.1. The fraction of sp³-hybridized carbons (Fsp3) is 0.273. The van der Waals surface area contributed by atoms with Crippen LogP contribution in [0, 0.1) is 11.2 Å². The quantitative estimate of drug-likeness (QED) is 0.399. The summed E-state index contributed by atoms with van der Waals surface area (Å²) >= 11 is 0. The minimum absolute atomic E-state index is 0.141. The molecule has 30 heavy (non-hydrogen) atoms. The van der Waals surface area contributed by atoms with E-state index in [-0.39, 0.29) is 12.3 Å². The fourth-order valence-electron chi connectivity index (χ4n) is 3.97. The Balaban J connectivity index is 1.60. The highest BCUT2D eigenvalue weighted by Gasteiger charge is 2.24. The third-order valence-corrected chi connectivity index (χ3v) is 5.66. The molecule has 1 aliphatic heterocycles. The average molecular weight is 398 g/mol. The van der Waals surface area contributed by atoms with Crippen LogP contribution in [0.1, 0.15) is 18.4 Å². The molecule has 0 spiro atoms. The molecule has 8 heteroatoms. The van der Waals surface area contributed by atoms with E-state index in [0.717, 1.165) is 36.7 Å². The van der Waals surface area contributed by atoms with Crippen molar-refractivity contribution in [3.05, 3.63) is 58.6 Å². The summed E-state index contributed by atoms with van der Waals surface area (Å²) in [6.45, 7) is 0.178. The molecule has 0 aliphatic carbocycles. The van der Waals surface area contributed by atoms with E-state index in [1.165, 1.54) is 10.9 Å². The van der Waals surface area contributed by atoms with Crippen molar-refractivity contribution in [2.24, 2.45) is 4.99 Å². The Morgan fingerprint density at radius 1 is 1.30 bits per heavy atom. The van der Waals surface area contributed by atoms with E-state index in [0.29, 0.717) is 28.3 Å². The summed E-state index contributed by atoms with van der Waals surface area (Å²) in [5, 5.41) is 13.1. The second-order valence-electron chi connectivity index (χ2n) is 7.67. The van der Waals surface area contributed by atoms with Crippen LogP contribution in [0.15, 0.2) is 52.5 Å². The van der Waals surface area contributed by atoms with Crippen LogP contribution in [0.4, 0.5) is 11.4 Å². The Morgan fingerprint density at radius 2 is 2.10 bits per heavy atom. The number of nitrogens with one attached hydrogen (secondary N) is 1. The molecule has 0 unspecified atom stereocenters. The van der Waals surface area contributed by atoms with Crippen LogP contribution in [-0.4, -0.2) is 35.6 Å². The zero-order chi connectivity index (χ0) is 21.1. The topological polar surface area (TPSA) is 109 Å². The third-order valence-electron chi connectivity index (χ3n) is 5.66. The summed E-state index contributed by atoms with van der Waals surface area (Å²) in [5.74, 6) is 2.36. The molecule has 2 aromatic carbocycles. The highest BCUT2D eigenvalue weighted by atomic mass is 16.1. The molecule has 2 heterocycles. The molecule has 0 atom stereocenters. The zero-order valence-corrected chi connectivity index (χ0v) is 16.9. The summed E-state index contributed by atoms with van der Waals surface area (Å²) in [5.41, 5.74) is 9.55. The Hall–Kier alpha value is -3.60. The molecule has 7 nitrogen and oxygen atoms in total. The summed E-state index contributed by atoms with van der Waals surface area (Å²) in [4.78, 5) is 21.5. The minimum Gasteiger partial charge on any atom is -0.398 e. The highest BCUT2D eigenvalue weighted by molar-refractivity contribution is 6.67. The van der Waals surface area contributed by atoms with Crippen molar-refractivity contribution in [2.45, 2.75) is 31.5 Å². The Labute approximate surface area is 175 Å². The number of nitriles is 1. The third kappa shape index (κ3) is 3.92. The Bertz CT molecular complexity index is 1200. The van der Waals surface area contributed by atoms with Gasteiger partial charge >= 0.3 is 0 Å². The van der Waals surface area contributed by atoms with Gasteiger partial charge < -0.3 is 11.1 Å². The monoisotopic (exact) mass is 398 g/mol. The molecule has 0 radical (unpaired) electrons. The van der Waals surface area contributed by atoms with Gasteiger partial charge in [0.1, 0.15) is 6.33 Å². The molecule has 1 aromatic heterocycles. The van der Waals surface area contributed by atoms with Crippen LogP contribution < -0.4 is 16.6 Å². The number of aliphatic imine (C=N–C) groups is 1. The molecular formula is C22H23BN6O. The van der Waals surface area contributed by atoms with Crippen molar-refractivity contribution >= 4 is 35.2 Å². The van der Waals surface area contributed by atoms with Gasteiger partial charge in [-0.2, -0.15) is 0 Å². The van der Waals surface area contributed by atoms with Gasteiger partial charge in [0.15, 0.2) is 0 Å². The number of hydrogen-bond donors (Lipinski definition) is 2. The largest absolute Gasteiger partial charge is 0.398 e. The molecule has 1 fully saturated rings. The number of nitrogens with two attached hydrogens (primary N) is 1. The summed E-state index contributed by atoms with van der Waals surface area (Å²) < 4.78 is 1.50. The number of nitrogen functional groups attached to an aromatic ring is 1. The smallest absolute Gasteiger partial charge is 0.268 e. The van der Waals surface area contributed by atoms with Crippen molar-refractivity contribution in [3.63, 3.8) is 0 Å². The normalized spacial score (nSPS) is 14.9. The molecule has 150 valence electrons. The second-order valence-corrected chi connectivity index (χ2v) is 7.67. The lowest BCUT2D eigenvalue weighted by Gasteiger charge is -2.25. The van der Waals surface area contributed by atoms with Crippen molar-refractivity contribution in [1.29, 1.82) is 5.26 Å². The fourth-order valence-corrected chi connectivity index (χ4v) is 3.97. The van der Waals surface area contributed by atoms with Gasteiger partial charge in [0, 0.05) is 42.2 Å². The maximum atomic E-state index is 13.0. The molecule has 3 aromatic rings. The Kier molecular flexibility index (Phi) is 5.53. The number of hydrogen-bond acceptors (Lipinski definition) is 6. The van der Waals surface area contributed by atoms with E-state index in [1.54, 1.807) is 19.3 Å². The van der Waals surface area contributed by atoms with E-state index in [1.807, 2.05) is 30.3 Å². The predicted molar refractivity (Wildman–Crippen MR) is 123 cm³/mol. The van der Waals surface area contributed by atoms with E-state index in [9.17, 15) is 4.79 Å². The molecule has 3 N–H and O–H groups in total. The predicted octanol–water partition coefficient (Wildman–Crippen LogP) is 3.15. The van der Waals surface area contributed by atoms with E-state index >= 15 is 0 Å². The maximum Gasteiger partial charge on any atom is 0.268 e. The van der Waals surface area contributed by atoms with Gasteiger partial charge in [-0.1, -0.05) is 12.6 Å². The van der Waals surface area contributed by atoms with Gasteiger partial charge in [-0.15, -0.1) is 0 Å². The van der Waals surface area contributed by atoms with E-state index < -0.39 is 0 Å². The van der Waals surface area contributed by atoms with Crippen LogP contribution in [0.25, 0.3) is 16.6 Å². The lowest BCUT2D eigenvalue weighted by atomic mass is 9.42. The lowest BCUT2D eigenvalue weighted by Crippen LogP contribution is -2.29. The van der Waals surface area contributed by atoms with Crippen LogP contribution in [0.3, 0.4) is 0 Å². The highest BCUT2D eigenvalue weighted by Crippen LogP contribution is 2.24. The van der Waals surface area contributed by atoms with Crippen molar-refractivity contribution in [2.75, 3.05) is 18.1 Å². The second kappa shape index (κ2) is 8.41. The summed E-state index contributed by atoms with van der Waals surface area (Å²) in [6, 6.07) is 11.4. The first kappa shape index (κ1) is 19.7. The minimum atomic E-state index is -0.141. The van der Waals surface area contributed by atoms with Crippen molar-refractivity contribution < 1.29 is 0 Å². The van der Waals surface area contributed by atoms with E-state index in [4.69, 9.17) is 11.0 Å². The van der Waals surface area contributed by atoms with Gasteiger partial charge in [0.2, 0.25) is 0 Å². The molecule has 4 rings (SSSR count). The molecule has 1 saturated heterocycles. The SMILES string of the molecule is CN=Cc1ccc(-n2cnc3cc(NC4CCB(C#N)CC4)ccc3c2=O)cc1N. The van der Waals surface area contributed by atoms with Gasteiger partial charge in [0.25, 0.3) is 12.3 Å². The van der Waals surface area contributed by atoms with Gasteiger partial charge in [-0.05, 0) is 49.2 Å². The number of anilines is 2. The number of fused-ring (bicyclic) bond motifs is 1.